The van der Waals surface area contributed by atoms with E-state index in [1.165, 1.54) is 24.3 Å². The first-order valence-electron chi connectivity index (χ1n) is 13.8. The van der Waals surface area contributed by atoms with Gasteiger partial charge in [-0.05, 0) is 98.7 Å². The highest BCUT2D eigenvalue weighted by molar-refractivity contribution is 5.82. The zero-order valence-corrected chi connectivity index (χ0v) is 23.2. The van der Waals surface area contributed by atoms with Crippen LogP contribution in [0.5, 0.6) is 0 Å². The summed E-state index contributed by atoms with van der Waals surface area (Å²) in [6.45, 7) is 10.5. The molecule has 2 N–H and O–H groups in total. The van der Waals surface area contributed by atoms with Crippen molar-refractivity contribution in [2.24, 2.45) is 0 Å². The molecule has 2 aromatic carbocycles. The van der Waals surface area contributed by atoms with Crippen molar-refractivity contribution in [3.8, 4) is 11.1 Å². The first-order chi connectivity index (χ1) is 19.1. The van der Waals surface area contributed by atoms with E-state index in [-0.39, 0.29) is 30.1 Å². The molecule has 1 fully saturated rings. The van der Waals surface area contributed by atoms with E-state index in [0.29, 0.717) is 36.0 Å². The molecule has 0 saturated heterocycles. The Bertz CT molecular complexity index is 1260. The van der Waals surface area contributed by atoms with Gasteiger partial charge in [0.15, 0.2) is 0 Å². The van der Waals surface area contributed by atoms with Crippen LogP contribution in [0.2, 0.25) is 0 Å². The van der Waals surface area contributed by atoms with Crippen LogP contribution in [0.1, 0.15) is 86.1 Å². The highest BCUT2D eigenvalue weighted by Gasteiger charge is 2.35. The molecule has 2 atom stereocenters. The average molecular weight is 558 g/mol. The topological polar surface area (TPSA) is 75.6 Å². The number of hydrogen-bond acceptors (Lipinski definition) is 4. The SMILES string of the molecule is C=CCCCCc1cc(F)cc(C)c1-c1cc(C2CC2)c(F)c([C@H](CC(=O)OCC)NC(=O)[C@H](O)CC=C)c1F. The number of esters is 1. The summed E-state index contributed by atoms with van der Waals surface area (Å²) < 4.78 is 52.1. The second-order valence-electron chi connectivity index (χ2n) is 10.2. The van der Waals surface area contributed by atoms with Gasteiger partial charge in [-0.3, -0.25) is 9.59 Å². The number of hydrogen-bond donors (Lipinski definition) is 2. The van der Waals surface area contributed by atoms with Crippen LogP contribution in [-0.4, -0.2) is 29.7 Å². The fraction of sp³-hybridized carbons (Fsp3) is 0.438. The van der Waals surface area contributed by atoms with Crippen molar-refractivity contribution >= 4 is 11.9 Å². The Labute approximate surface area is 234 Å². The quantitative estimate of drug-likeness (QED) is 0.142. The molecule has 0 spiro atoms. The Balaban J connectivity index is 2.20. The summed E-state index contributed by atoms with van der Waals surface area (Å²) in [4.78, 5) is 25.2. The molecule has 0 aromatic heterocycles. The average Bonchev–Trinajstić information content (AvgIpc) is 3.73. The van der Waals surface area contributed by atoms with E-state index in [4.69, 9.17) is 4.74 Å². The zero-order valence-electron chi connectivity index (χ0n) is 23.2. The first-order valence-corrected chi connectivity index (χ1v) is 13.8. The third-order valence-corrected chi connectivity index (χ3v) is 7.07. The lowest BCUT2D eigenvalue weighted by molar-refractivity contribution is -0.144. The monoisotopic (exact) mass is 557 g/mol. The Kier molecular flexibility index (Phi) is 11.1. The largest absolute Gasteiger partial charge is 0.466 e. The maximum Gasteiger partial charge on any atom is 0.308 e. The minimum Gasteiger partial charge on any atom is -0.466 e. The van der Waals surface area contributed by atoms with E-state index in [9.17, 15) is 19.1 Å². The molecule has 1 saturated carbocycles. The molecule has 216 valence electrons. The second-order valence-corrected chi connectivity index (χ2v) is 10.2. The normalized spacial score (nSPS) is 14.3. The molecule has 3 rings (SSSR count). The summed E-state index contributed by atoms with van der Waals surface area (Å²) in [7, 11) is 0. The van der Waals surface area contributed by atoms with Crippen LogP contribution in [-0.2, 0) is 20.7 Å². The van der Waals surface area contributed by atoms with E-state index in [0.717, 1.165) is 19.3 Å². The van der Waals surface area contributed by atoms with Crippen LogP contribution >= 0.6 is 0 Å². The van der Waals surface area contributed by atoms with Crippen molar-refractivity contribution in [3.63, 3.8) is 0 Å². The van der Waals surface area contributed by atoms with Gasteiger partial charge in [-0.25, -0.2) is 13.2 Å². The van der Waals surface area contributed by atoms with Crippen LogP contribution in [0.4, 0.5) is 13.2 Å². The molecule has 5 nitrogen and oxygen atoms in total. The number of benzene rings is 2. The highest BCUT2D eigenvalue weighted by Crippen LogP contribution is 2.46. The van der Waals surface area contributed by atoms with E-state index in [1.54, 1.807) is 19.9 Å². The molecule has 0 aliphatic heterocycles. The summed E-state index contributed by atoms with van der Waals surface area (Å²) in [5, 5.41) is 12.6. The summed E-state index contributed by atoms with van der Waals surface area (Å²) in [5.41, 5.74) is 1.43. The highest BCUT2D eigenvalue weighted by atomic mass is 19.1. The predicted octanol–water partition coefficient (Wildman–Crippen LogP) is 6.90. The molecule has 0 bridgehead atoms. The van der Waals surface area contributed by atoms with Crippen LogP contribution in [0.25, 0.3) is 11.1 Å². The number of allylic oxidation sites excluding steroid dienone is 1. The van der Waals surface area contributed by atoms with Gasteiger partial charge >= 0.3 is 5.97 Å². The number of carbonyl (C=O) groups is 2. The van der Waals surface area contributed by atoms with Crippen LogP contribution in [0.3, 0.4) is 0 Å². The number of amides is 1. The molecular formula is C32H38F3NO4. The van der Waals surface area contributed by atoms with Gasteiger partial charge in [-0.15, -0.1) is 13.2 Å². The molecule has 40 heavy (non-hydrogen) atoms. The molecular weight excluding hydrogens is 519 g/mol. The maximum absolute atomic E-state index is 16.5. The predicted molar refractivity (Wildman–Crippen MR) is 149 cm³/mol. The van der Waals surface area contributed by atoms with Gasteiger partial charge in [0.2, 0.25) is 5.91 Å². The summed E-state index contributed by atoms with van der Waals surface area (Å²) in [6.07, 6.45) is 5.23. The van der Waals surface area contributed by atoms with Gasteiger partial charge in [0.05, 0.1) is 19.1 Å². The Morgan fingerprint density at radius 2 is 1.85 bits per heavy atom. The number of rotatable bonds is 15. The first kappa shape index (κ1) is 31.1. The van der Waals surface area contributed by atoms with E-state index >= 15 is 8.78 Å². The molecule has 8 heteroatoms. The van der Waals surface area contributed by atoms with Gasteiger partial charge in [0.25, 0.3) is 0 Å². The number of halogens is 3. The number of nitrogens with one attached hydrogen (secondary N) is 1. The lowest BCUT2D eigenvalue weighted by Crippen LogP contribution is -2.38. The van der Waals surface area contributed by atoms with Crippen molar-refractivity contribution in [3.05, 3.63) is 83.2 Å². The number of ether oxygens (including phenoxy) is 1. The Morgan fingerprint density at radius 1 is 1.12 bits per heavy atom. The number of aryl methyl sites for hydroxylation is 2. The summed E-state index contributed by atoms with van der Waals surface area (Å²) in [6, 6.07) is 2.72. The van der Waals surface area contributed by atoms with Crippen LogP contribution < -0.4 is 5.32 Å². The van der Waals surface area contributed by atoms with Crippen molar-refractivity contribution in [2.45, 2.75) is 83.3 Å². The van der Waals surface area contributed by atoms with Gasteiger partial charge in [0, 0.05) is 17.5 Å². The number of aliphatic hydroxyl groups is 1. The zero-order chi connectivity index (χ0) is 29.4. The van der Waals surface area contributed by atoms with Crippen molar-refractivity contribution in [1.29, 1.82) is 0 Å². The smallest absolute Gasteiger partial charge is 0.308 e. The third-order valence-electron chi connectivity index (χ3n) is 7.07. The van der Waals surface area contributed by atoms with Crippen molar-refractivity contribution in [1.82, 2.24) is 5.32 Å². The third kappa shape index (κ3) is 7.62. The van der Waals surface area contributed by atoms with Gasteiger partial charge in [-0.1, -0.05) is 12.2 Å². The minimum atomic E-state index is -1.51. The minimum absolute atomic E-state index is 0.0426. The van der Waals surface area contributed by atoms with Crippen LogP contribution in [0.15, 0.2) is 43.5 Å². The van der Waals surface area contributed by atoms with E-state index in [2.05, 4.69) is 18.5 Å². The summed E-state index contributed by atoms with van der Waals surface area (Å²) in [5.74, 6) is -4.04. The lowest BCUT2D eigenvalue weighted by atomic mass is 9.86. The van der Waals surface area contributed by atoms with Gasteiger partial charge in [-0.2, -0.15) is 0 Å². The van der Waals surface area contributed by atoms with E-state index < -0.39 is 53.5 Å². The number of aliphatic hydroxyl groups excluding tert-OH is 1. The molecule has 1 aliphatic rings. The number of carbonyl (C=O) groups excluding carboxylic acids is 2. The molecule has 1 amide bonds. The molecule has 2 aromatic rings. The lowest BCUT2D eigenvalue weighted by Gasteiger charge is -2.25. The molecule has 1 aliphatic carbocycles. The summed E-state index contributed by atoms with van der Waals surface area (Å²) >= 11 is 0. The standard InChI is InChI=1S/C32H38F3NO4/c1-5-8-9-10-12-21-16-22(33)15-19(4)28(21)24-17-23(20-13-14-20)30(34)29(31(24)35)25(18-27(38)40-7-3)36-32(39)26(37)11-6-2/h5-6,15-17,20,25-26,37H,1-2,7-14,18H2,3-4H3,(H,36,39)/t25-,26+/m0/s1. The number of unbranched alkanes of at least 4 members (excludes halogenated alkanes) is 2. The molecule has 0 heterocycles. The Morgan fingerprint density at radius 3 is 2.48 bits per heavy atom. The van der Waals surface area contributed by atoms with Gasteiger partial charge < -0.3 is 15.2 Å². The fourth-order valence-electron chi connectivity index (χ4n) is 5.00. The fourth-order valence-corrected chi connectivity index (χ4v) is 5.00. The second kappa shape index (κ2) is 14.3. The van der Waals surface area contributed by atoms with Crippen molar-refractivity contribution in [2.75, 3.05) is 6.61 Å². The molecule has 0 unspecified atom stereocenters. The van der Waals surface area contributed by atoms with Crippen LogP contribution in [0, 0.1) is 24.4 Å². The van der Waals surface area contributed by atoms with Gasteiger partial charge in [0.1, 0.15) is 23.6 Å². The maximum atomic E-state index is 16.5. The molecule has 0 radical (unpaired) electrons. The van der Waals surface area contributed by atoms with Crippen molar-refractivity contribution < 1.29 is 32.6 Å². The Hall–Kier alpha value is -3.39. The van der Waals surface area contributed by atoms with E-state index in [1.807, 2.05) is 0 Å².